The highest BCUT2D eigenvalue weighted by molar-refractivity contribution is 7.89. The normalized spacial score (nSPS) is 19.6. The molecule has 2 amide bonds. The monoisotopic (exact) mass is 461 g/mol. The van der Waals surface area contributed by atoms with Crippen LogP contribution in [0.1, 0.15) is 25.3 Å². The third-order valence-electron chi connectivity index (χ3n) is 5.76. The van der Waals surface area contributed by atoms with Crippen LogP contribution in [-0.4, -0.2) is 43.7 Å². The Morgan fingerprint density at radius 2 is 1.84 bits per heavy atom. The van der Waals surface area contributed by atoms with Gasteiger partial charge in [-0.15, -0.1) is 0 Å². The number of fused-ring (bicyclic) bond motifs is 1. The lowest BCUT2D eigenvalue weighted by atomic mass is 9.97. The summed E-state index contributed by atoms with van der Waals surface area (Å²) in [6, 6.07) is 8.54. The van der Waals surface area contributed by atoms with Crippen molar-refractivity contribution >= 4 is 33.2 Å². The van der Waals surface area contributed by atoms with Crippen molar-refractivity contribution in [2.24, 2.45) is 5.92 Å². The molecule has 0 radical (unpaired) electrons. The number of anilines is 2. The van der Waals surface area contributed by atoms with Crippen molar-refractivity contribution in [1.82, 2.24) is 4.31 Å². The predicted octanol–water partition coefficient (Wildman–Crippen LogP) is 2.89. The SMILES string of the molecule is Cc1cc2c(cc1S(=O)(=O)N1CCC(C(=O)Nc3ccc(F)cc3)CC1)O[C@H](C)C(=O)N2. The lowest BCUT2D eigenvalue weighted by Gasteiger charge is -2.31. The van der Waals surface area contributed by atoms with E-state index in [4.69, 9.17) is 4.74 Å². The third kappa shape index (κ3) is 4.33. The van der Waals surface area contributed by atoms with Gasteiger partial charge in [0.1, 0.15) is 11.6 Å². The maximum atomic E-state index is 13.3. The fourth-order valence-electron chi connectivity index (χ4n) is 3.90. The molecule has 1 atom stereocenters. The number of benzene rings is 2. The van der Waals surface area contributed by atoms with E-state index >= 15 is 0 Å². The molecule has 1 fully saturated rings. The fourth-order valence-corrected chi connectivity index (χ4v) is 5.59. The second kappa shape index (κ2) is 8.51. The molecule has 0 bridgehead atoms. The molecular formula is C22H24FN3O5S. The zero-order valence-electron chi connectivity index (χ0n) is 17.7. The molecule has 0 spiro atoms. The number of ether oxygens (including phenoxy) is 1. The Labute approximate surface area is 185 Å². The number of rotatable bonds is 4. The van der Waals surface area contributed by atoms with Crippen LogP contribution in [0, 0.1) is 18.7 Å². The summed E-state index contributed by atoms with van der Waals surface area (Å²) in [6.07, 6.45) is 0.0378. The van der Waals surface area contributed by atoms with Crippen molar-refractivity contribution in [3.05, 3.63) is 47.8 Å². The number of hydrogen-bond donors (Lipinski definition) is 2. The zero-order chi connectivity index (χ0) is 23.0. The largest absolute Gasteiger partial charge is 0.479 e. The first kappa shape index (κ1) is 22.2. The molecule has 1 saturated heterocycles. The van der Waals surface area contributed by atoms with Crippen molar-refractivity contribution in [2.45, 2.75) is 37.7 Å². The molecule has 2 aliphatic heterocycles. The third-order valence-corrected chi connectivity index (χ3v) is 7.80. The second-order valence-electron chi connectivity index (χ2n) is 8.04. The summed E-state index contributed by atoms with van der Waals surface area (Å²) in [5, 5.41) is 5.46. The number of amides is 2. The van der Waals surface area contributed by atoms with Gasteiger partial charge >= 0.3 is 0 Å². The Kier molecular flexibility index (Phi) is 5.91. The number of carbonyl (C=O) groups excluding carboxylic acids is 2. The van der Waals surface area contributed by atoms with Gasteiger partial charge in [-0.25, -0.2) is 12.8 Å². The first-order valence-electron chi connectivity index (χ1n) is 10.3. The standard InChI is InChI=1S/C22H24FN3O5S/c1-13-11-18-19(31-14(2)21(27)25-18)12-20(13)32(29,30)26-9-7-15(8-10-26)22(28)24-17-5-3-16(23)4-6-17/h3-6,11-12,14-15H,7-10H2,1-2H3,(H,24,28)(H,25,27)/t14-/m1/s1. The Hall–Kier alpha value is -2.98. The lowest BCUT2D eigenvalue weighted by Crippen LogP contribution is -2.41. The van der Waals surface area contributed by atoms with Gasteiger partial charge in [0.15, 0.2) is 6.10 Å². The fraction of sp³-hybridized carbons (Fsp3) is 0.364. The van der Waals surface area contributed by atoms with Crippen molar-refractivity contribution < 1.29 is 27.1 Å². The van der Waals surface area contributed by atoms with Crippen LogP contribution in [0.15, 0.2) is 41.3 Å². The van der Waals surface area contributed by atoms with E-state index < -0.39 is 16.1 Å². The number of piperidine rings is 1. The van der Waals surface area contributed by atoms with Crippen LogP contribution in [0.2, 0.25) is 0 Å². The number of nitrogens with one attached hydrogen (secondary N) is 2. The van der Waals surface area contributed by atoms with Crippen LogP contribution in [0.4, 0.5) is 15.8 Å². The van der Waals surface area contributed by atoms with Crippen molar-refractivity contribution in [3.8, 4) is 5.75 Å². The summed E-state index contributed by atoms with van der Waals surface area (Å²) in [6.45, 7) is 3.66. The van der Waals surface area contributed by atoms with Crippen LogP contribution in [0.25, 0.3) is 0 Å². The summed E-state index contributed by atoms with van der Waals surface area (Å²) >= 11 is 0. The highest BCUT2D eigenvalue weighted by atomic mass is 32.2. The summed E-state index contributed by atoms with van der Waals surface area (Å²) < 4.78 is 46.5. The molecule has 0 aliphatic carbocycles. The van der Waals surface area contributed by atoms with E-state index in [9.17, 15) is 22.4 Å². The van der Waals surface area contributed by atoms with Crippen LogP contribution in [-0.2, 0) is 19.6 Å². The first-order valence-corrected chi connectivity index (χ1v) is 11.8. The van der Waals surface area contributed by atoms with Crippen LogP contribution >= 0.6 is 0 Å². The van der Waals surface area contributed by atoms with E-state index in [1.807, 2.05) is 0 Å². The van der Waals surface area contributed by atoms with Crippen LogP contribution in [0.3, 0.4) is 0 Å². The molecule has 10 heteroatoms. The van der Waals surface area contributed by atoms with Crippen molar-refractivity contribution in [2.75, 3.05) is 23.7 Å². The smallest absolute Gasteiger partial charge is 0.265 e. The average molecular weight is 462 g/mol. The van der Waals surface area contributed by atoms with E-state index in [1.54, 1.807) is 19.9 Å². The minimum Gasteiger partial charge on any atom is -0.479 e. The second-order valence-corrected chi connectivity index (χ2v) is 9.94. The first-order chi connectivity index (χ1) is 15.1. The molecule has 8 nitrogen and oxygen atoms in total. The molecule has 4 rings (SSSR count). The number of carbonyl (C=O) groups is 2. The highest BCUT2D eigenvalue weighted by Gasteiger charge is 2.34. The van der Waals surface area contributed by atoms with Gasteiger partial charge in [0.2, 0.25) is 15.9 Å². The molecule has 2 N–H and O–H groups in total. The number of hydrogen-bond acceptors (Lipinski definition) is 5. The van der Waals surface area contributed by atoms with Crippen molar-refractivity contribution in [3.63, 3.8) is 0 Å². The van der Waals surface area contributed by atoms with Gasteiger partial charge < -0.3 is 15.4 Å². The Balaban J connectivity index is 1.45. The minimum absolute atomic E-state index is 0.119. The summed E-state index contributed by atoms with van der Waals surface area (Å²) in [4.78, 5) is 24.4. The van der Waals surface area contributed by atoms with E-state index in [0.29, 0.717) is 35.5 Å². The Morgan fingerprint density at radius 3 is 2.50 bits per heavy atom. The van der Waals surface area contributed by atoms with Crippen LogP contribution in [0.5, 0.6) is 5.75 Å². The predicted molar refractivity (Wildman–Crippen MR) is 116 cm³/mol. The summed E-state index contributed by atoms with van der Waals surface area (Å²) in [7, 11) is -3.80. The molecule has 32 heavy (non-hydrogen) atoms. The zero-order valence-corrected chi connectivity index (χ0v) is 18.5. The number of sulfonamides is 1. The molecule has 2 aliphatic rings. The Morgan fingerprint density at radius 1 is 1.19 bits per heavy atom. The summed E-state index contributed by atoms with van der Waals surface area (Å²) in [5.41, 5.74) is 1.44. The average Bonchev–Trinajstić information content (AvgIpc) is 2.76. The van der Waals surface area contributed by atoms with Gasteiger partial charge in [-0.1, -0.05) is 0 Å². The van der Waals surface area contributed by atoms with Crippen LogP contribution < -0.4 is 15.4 Å². The van der Waals surface area contributed by atoms with E-state index in [2.05, 4.69) is 10.6 Å². The van der Waals surface area contributed by atoms with Gasteiger partial charge in [-0.3, -0.25) is 9.59 Å². The quantitative estimate of drug-likeness (QED) is 0.729. The highest BCUT2D eigenvalue weighted by Crippen LogP contribution is 2.36. The van der Waals surface area contributed by atoms with Gasteiger partial charge in [0.05, 0.1) is 10.6 Å². The molecule has 2 aromatic carbocycles. The molecule has 0 unspecified atom stereocenters. The molecule has 0 saturated carbocycles. The maximum absolute atomic E-state index is 13.3. The molecule has 2 aromatic rings. The number of nitrogens with zero attached hydrogens (tertiary/aromatic N) is 1. The Bertz CT molecular complexity index is 1160. The molecule has 170 valence electrons. The van der Waals surface area contributed by atoms with Gasteiger partial charge in [0, 0.05) is 30.8 Å². The molecule has 2 heterocycles. The van der Waals surface area contributed by atoms with E-state index in [1.165, 1.54) is 34.6 Å². The van der Waals surface area contributed by atoms with E-state index in [-0.39, 0.29) is 41.5 Å². The van der Waals surface area contributed by atoms with E-state index in [0.717, 1.165) is 0 Å². The minimum atomic E-state index is -3.80. The molecule has 0 aromatic heterocycles. The lowest BCUT2D eigenvalue weighted by molar-refractivity contribution is -0.123. The van der Waals surface area contributed by atoms with Gasteiger partial charge in [-0.05, 0) is 62.6 Å². The van der Waals surface area contributed by atoms with Gasteiger partial charge in [0.25, 0.3) is 5.91 Å². The number of halogens is 1. The maximum Gasteiger partial charge on any atom is 0.265 e. The number of aryl methyl sites for hydroxylation is 1. The van der Waals surface area contributed by atoms with Gasteiger partial charge in [-0.2, -0.15) is 4.31 Å². The molecular weight excluding hydrogens is 437 g/mol. The topological polar surface area (TPSA) is 105 Å². The van der Waals surface area contributed by atoms with Crippen molar-refractivity contribution in [1.29, 1.82) is 0 Å². The summed E-state index contributed by atoms with van der Waals surface area (Å²) in [5.74, 6) is -0.906.